The molecule has 104 valence electrons. The van der Waals surface area contributed by atoms with Crippen molar-refractivity contribution in [1.82, 2.24) is 4.72 Å². The zero-order chi connectivity index (χ0) is 13.2. The summed E-state index contributed by atoms with van der Waals surface area (Å²) in [6, 6.07) is 0. The fourth-order valence-corrected chi connectivity index (χ4v) is 5.12. The topological polar surface area (TPSA) is 96.0 Å². The average Bonchev–Trinajstić information content (AvgIpc) is 2.83. The molecule has 4 N–H and O–H groups in total. The largest absolute Gasteiger partial charge is 0.386 e. The van der Waals surface area contributed by atoms with Gasteiger partial charge in [-0.1, -0.05) is 32.1 Å². The van der Waals surface area contributed by atoms with Crippen LogP contribution in [0.4, 0.5) is 0 Å². The first kappa shape index (κ1) is 13.8. The number of sulfonamides is 1. The number of hydrogen-bond donors (Lipinski definition) is 3. The molecule has 2 aliphatic carbocycles. The van der Waals surface area contributed by atoms with Gasteiger partial charge in [-0.15, -0.1) is 0 Å². The normalized spacial score (nSPS) is 25.1. The van der Waals surface area contributed by atoms with Crippen LogP contribution in [0.5, 0.6) is 0 Å². The molecule has 0 heterocycles. The van der Waals surface area contributed by atoms with E-state index in [2.05, 4.69) is 4.72 Å². The molecule has 0 radical (unpaired) electrons. The summed E-state index contributed by atoms with van der Waals surface area (Å²) >= 11 is 0. The molecule has 0 aromatic carbocycles. The maximum Gasteiger partial charge on any atom is 0.215 e. The Labute approximate surface area is 109 Å². The van der Waals surface area contributed by atoms with Crippen LogP contribution in [-0.4, -0.2) is 25.0 Å². The van der Waals surface area contributed by atoms with E-state index in [9.17, 15) is 8.42 Å². The predicted molar refractivity (Wildman–Crippen MR) is 72.0 cm³/mol. The summed E-state index contributed by atoms with van der Waals surface area (Å²) in [6.07, 6.45) is 7.74. The molecule has 2 rings (SSSR count). The minimum atomic E-state index is -3.33. The molecule has 0 aliphatic heterocycles. The maximum atomic E-state index is 12.3. The minimum absolute atomic E-state index is 0.0243. The van der Waals surface area contributed by atoms with Crippen LogP contribution in [0.25, 0.3) is 0 Å². The molecule has 0 amide bonds. The Morgan fingerprint density at radius 1 is 1.11 bits per heavy atom. The molecule has 0 aromatic heterocycles. The van der Waals surface area contributed by atoms with Crippen LogP contribution >= 0.6 is 0 Å². The molecule has 2 aliphatic rings. The molecule has 0 unspecified atom stereocenters. The fourth-order valence-electron chi connectivity index (χ4n) is 3.14. The van der Waals surface area contributed by atoms with Gasteiger partial charge in [0.05, 0.1) is 10.8 Å². The lowest BCUT2D eigenvalue weighted by atomic mass is 9.82. The third-order valence-electron chi connectivity index (χ3n) is 4.30. The second kappa shape index (κ2) is 5.17. The fraction of sp³-hybridized carbons (Fsp3) is 0.917. The Morgan fingerprint density at radius 3 is 2.17 bits per heavy atom. The van der Waals surface area contributed by atoms with Crippen molar-refractivity contribution in [2.24, 2.45) is 5.73 Å². The van der Waals surface area contributed by atoms with Gasteiger partial charge in [0.15, 0.2) is 0 Å². The van der Waals surface area contributed by atoms with Gasteiger partial charge in [0.25, 0.3) is 0 Å². The number of nitrogens with one attached hydrogen (secondary N) is 2. The standard InChI is InChI=1S/C12H23N3O2S/c13-11(14)12(8-4-1-5-9-12)15-18(16,17)10-6-2-3-7-10/h10,15H,1-9H2,(H3,13,14). The molecule has 2 saturated carbocycles. The van der Waals surface area contributed by atoms with Crippen LogP contribution < -0.4 is 10.5 Å². The molecule has 0 aromatic rings. The van der Waals surface area contributed by atoms with Crippen molar-refractivity contribution in [2.45, 2.75) is 68.6 Å². The van der Waals surface area contributed by atoms with Crippen molar-refractivity contribution in [3.8, 4) is 0 Å². The summed E-state index contributed by atoms with van der Waals surface area (Å²) in [5, 5.41) is 7.46. The van der Waals surface area contributed by atoms with Crippen LogP contribution in [0, 0.1) is 5.41 Å². The summed E-state index contributed by atoms with van der Waals surface area (Å²) in [7, 11) is -3.33. The highest BCUT2D eigenvalue weighted by Crippen LogP contribution is 2.31. The lowest BCUT2D eigenvalue weighted by Gasteiger charge is -2.37. The van der Waals surface area contributed by atoms with Crippen LogP contribution in [0.2, 0.25) is 0 Å². The molecular weight excluding hydrogens is 250 g/mol. The number of rotatable bonds is 4. The highest BCUT2D eigenvalue weighted by Gasteiger charge is 2.41. The first-order valence-electron chi connectivity index (χ1n) is 6.84. The van der Waals surface area contributed by atoms with Gasteiger partial charge < -0.3 is 5.73 Å². The zero-order valence-electron chi connectivity index (χ0n) is 10.7. The predicted octanol–water partition coefficient (Wildman–Crippen LogP) is 1.49. The SMILES string of the molecule is N=C(N)C1(NS(=O)(=O)C2CCCC2)CCCCC1. The molecule has 0 spiro atoms. The number of hydrogen-bond acceptors (Lipinski definition) is 3. The van der Waals surface area contributed by atoms with Gasteiger partial charge in [-0.25, -0.2) is 13.1 Å². The Kier molecular flexibility index (Phi) is 3.96. The summed E-state index contributed by atoms with van der Waals surface area (Å²) in [6.45, 7) is 0. The lowest BCUT2D eigenvalue weighted by molar-refractivity contribution is 0.347. The number of amidine groups is 1. The Morgan fingerprint density at radius 2 is 1.67 bits per heavy atom. The van der Waals surface area contributed by atoms with Crippen molar-refractivity contribution in [2.75, 3.05) is 0 Å². The highest BCUT2D eigenvalue weighted by atomic mass is 32.2. The summed E-state index contributed by atoms with van der Waals surface area (Å²) in [4.78, 5) is 0. The van der Waals surface area contributed by atoms with Crippen molar-refractivity contribution < 1.29 is 8.42 Å². The molecule has 2 fully saturated rings. The molecule has 0 saturated heterocycles. The quantitative estimate of drug-likeness (QED) is 0.535. The van der Waals surface area contributed by atoms with Gasteiger partial charge in [0, 0.05) is 0 Å². The molecule has 0 bridgehead atoms. The van der Waals surface area contributed by atoms with Gasteiger partial charge in [-0.2, -0.15) is 0 Å². The van der Waals surface area contributed by atoms with Gasteiger partial charge in [0.2, 0.25) is 10.0 Å². The van der Waals surface area contributed by atoms with Crippen LogP contribution in [0.1, 0.15) is 57.8 Å². The zero-order valence-corrected chi connectivity index (χ0v) is 11.6. The van der Waals surface area contributed by atoms with Crippen molar-refractivity contribution >= 4 is 15.9 Å². The second-order valence-electron chi connectivity index (χ2n) is 5.61. The van der Waals surface area contributed by atoms with Crippen LogP contribution in [-0.2, 0) is 10.0 Å². The van der Waals surface area contributed by atoms with Crippen LogP contribution in [0.3, 0.4) is 0 Å². The Bertz CT molecular complexity index is 407. The summed E-state index contributed by atoms with van der Waals surface area (Å²) < 4.78 is 27.5. The van der Waals surface area contributed by atoms with Crippen molar-refractivity contribution in [3.05, 3.63) is 0 Å². The molecular formula is C12H23N3O2S. The summed E-state index contributed by atoms with van der Waals surface area (Å²) in [5.41, 5.74) is 4.86. The van der Waals surface area contributed by atoms with E-state index in [4.69, 9.17) is 11.1 Å². The molecule has 5 nitrogen and oxygen atoms in total. The first-order valence-corrected chi connectivity index (χ1v) is 8.38. The Balaban J connectivity index is 2.15. The monoisotopic (exact) mass is 273 g/mol. The maximum absolute atomic E-state index is 12.3. The first-order chi connectivity index (χ1) is 8.46. The highest BCUT2D eigenvalue weighted by molar-refractivity contribution is 7.90. The minimum Gasteiger partial charge on any atom is -0.386 e. The van der Waals surface area contributed by atoms with Crippen LogP contribution in [0.15, 0.2) is 0 Å². The van der Waals surface area contributed by atoms with E-state index >= 15 is 0 Å². The molecule has 0 atom stereocenters. The van der Waals surface area contributed by atoms with Gasteiger partial charge in [-0.3, -0.25) is 5.41 Å². The van der Waals surface area contributed by atoms with Crippen molar-refractivity contribution in [3.63, 3.8) is 0 Å². The van der Waals surface area contributed by atoms with E-state index in [0.29, 0.717) is 12.8 Å². The van der Waals surface area contributed by atoms with E-state index in [-0.39, 0.29) is 11.1 Å². The van der Waals surface area contributed by atoms with Gasteiger partial charge >= 0.3 is 0 Å². The third kappa shape index (κ3) is 2.69. The van der Waals surface area contributed by atoms with E-state index < -0.39 is 15.6 Å². The van der Waals surface area contributed by atoms with Gasteiger partial charge in [-0.05, 0) is 25.7 Å². The van der Waals surface area contributed by atoms with Crippen molar-refractivity contribution in [1.29, 1.82) is 5.41 Å². The van der Waals surface area contributed by atoms with E-state index in [1.807, 2.05) is 0 Å². The number of nitrogens with two attached hydrogens (primary N) is 1. The average molecular weight is 273 g/mol. The lowest BCUT2D eigenvalue weighted by Crippen LogP contribution is -2.59. The summed E-state index contributed by atoms with van der Waals surface area (Å²) in [5.74, 6) is -0.0243. The van der Waals surface area contributed by atoms with E-state index in [1.54, 1.807) is 0 Å². The van der Waals surface area contributed by atoms with Gasteiger partial charge in [0.1, 0.15) is 5.84 Å². The van der Waals surface area contributed by atoms with E-state index in [0.717, 1.165) is 44.9 Å². The second-order valence-corrected chi connectivity index (χ2v) is 7.57. The molecule has 6 heteroatoms. The van der Waals surface area contributed by atoms with E-state index in [1.165, 1.54) is 0 Å². The Hall–Kier alpha value is -0.620. The molecule has 18 heavy (non-hydrogen) atoms. The third-order valence-corrected chi connectivity index (χ3v) is 6.33. The smallest absolute Gasteiger partial charge is 0.215 e.